The highest BCUT2D eigenvalue weighted by atomic mass is 79.9. The summed E-state index contributed by atoms with van der Waals surface area (Å²) < 4.78 is 6.04. The Morgan fingerprint density at radius 1 is 1.17 bits per heavy atom. The second-order valence-electron chi connectivity index (χ2n) is 4.48. The molecule has 0 bridgehead atoms. The first-order chi connectivity index (χ1) is 11.1. The maximum absolute atomic E-state index is 11.6. The third kappa shape index (κ3) is 6.67. The molecule has 23 heavy (non-hydrogen) atoms. The fraction of sp³-hybridized carbons (Fsp3) is 0.0588. The molecule has 6 heteroatoms. The van der Waals surface area contributed by atoms with E-state index < -0.39 is 0 Å². The van der Waals surface area contributed by atoms with Crippen LogP contribution in [-0.4, -0.2) is 18.7 Å². The minimum absolute atomic E-state index is 0.126. The summed E-state index contributed by atoms with van der Waals surface area (Å²) in [4.78, 5) is 11.6. The van der Waals surface area contributed by atoms with Crippen LogP contribution in [0.5, 0.6) is 5.75 Å². The molecule has 0 heterocycles. The van der Waals surface area contributed by atoms with Crippen molar-refractivity contribution >= 4 is 45.7 Å². The second-order valence-corrected chi connectivity index (χ2v) is 5.83. The van der Waals surface area contributed by atoms with E-state index in [2.05, 4.69) is 26.5 Å². The Labute approximate surface area is 147 Å². The molecule has 0 aromatic heterocycles. The fourth-order valence-electron chi connectivity index (χ4n) is 1.62. The molecular formula is C17H14BrClN2O2. The van der Waals surface area contributed by atoms with Crippen LogP contribution in [0.25, 0.3) is 6.08 Å². The van der Waals surface area contributed by atoms with Crippen LogP contribution in [0, 0.1) is 0 Å². The van der Waals surface area contributed by atoms with Crippen LogP contribution in [-0.2, 0) is 4.79 Å². The summed E-state index contributed by atoms with van der Waals surface area (Å²) in [6.07, 6.45) is 3.40. The summed E-state index contributed by atoms with van der Waals surface area (Å²) >= 11 is 9.13. The van der Waals surface area contributed by atoms with E-state index in [0.29, 0.717) is 10.8 Å². The van der Waals surface area contributed by atoms with Crippen molar-refractivity contribution in [3.8, 4) is 5.75 Å². The number of amides is 1. The first kappa shape index (κ1) is 17.2. The van der Waals surface area contributed by atoms with Crippen LogP contribution in [0.15, 0.2) is 64.2 Å². The molecule has 1 amide bonds. The molecule has 0 radical (unpaired) electrons. The zero-order valence-corrected chi connectivity index (χ0v) is 14.4. The molecule has 118 valence electrons. The van der Waals surface area contributed by atoms with E-state index in [1.807, 2.05) is 36.4 Å². The van der Waals surface area contributed by atoms with Gasteiger partial charge in [-0.2, -0.15) is 5.10 Å². The lowest BCUT2D eigenvalue weighted by Crippen LogP contribution is -2.24. The van der Waals surface area contributed by atoms with Gasteiger partial charge in [0.05, 0.1) is 6.21 Å². The van der Waals surface area contributed by atoms with E-state index in [1.165, 1.54) is 6.21 Å². The number of ether oxygens (including phenoxy) is 1. The molecule has 0 unspecified atom stereocenters. The van der Waals surface area contributed by atoms with Crippen LogP contribution in [0.4, 0.5) is 0 Å². The van der Waals surface area contributed by atoms with E-state index >= 15 is 0 Å². The van der Waals surface area contributed by atoms with Gasteiger partial charge in [-0.15, -0.1) is 0 Å². The first-order valence-electron chi connectivity index (χ1n) is 6.76. The quantitative estimate of drug-likeness (QED) is 0.589. The van der Waals surface area contributed by atoms with Crippen molar-refractivity contribution in [3.05, 3.63) is 69.7 Å². The Kier molecular flexibility index (Phi) is 6.84. The van der Waals surface area contributed by atoms with Gasteiger partial charge in [0.2, 0.25) is 0 Å². The normalized spacial score (nSPS) is 11.5. The van der Waals surface area contributed by atoms with Crippen molar-refractivity contribution in [2.24, 2.45) is 5.10 Å². The molecule has 2 aromatic carbocycles. The number of benzene rings is 2. The number of rotatable bonds is 6. The van der Waals surface area contributed by atoms with Gasteiger partial charge in [0.25, 0.3) is 5.91 Å². The SMILES string of the molecule is O=C(COc1ccc(Cl)cc1)N/N=C/C(Br)=C/c1ccccc1. The molecule has 0 aliphatic heterocycles. The van der Waals surface area contributed by atoms with E-state index in [4.69, 9.17) is 16.3 Å². The van der Waals surface area contributed by atoms with Crippen molar-refractivity contribution < 1.29 is 9.53 Å². The van der Waals surface area contributed by atoms with Gasteiger partial charge in [0.1, 0.15) is 5.75 Å². The van der Waals surface area contributed by atoms with Gasteiger partial charge in [0.15, 0.2) is 6.61 Å². The Morgan fingerprint density at radius 3 is 2.57 bits per heavy atom. The lowest BCUT2D eigenvalue weighted by molar-refractivity contribution is -0.123. The first-order valence-corrected chi connectivity index (χ1v) is 7.93. The number of carbonyl (C=O) groups excluding carboxylic acids is 1. The number of hydrogen-bond acceptors (Lipinski definition) is 3. The average Bonchev–Trinajstić information content (AvgIpc) is 2.55. The van der Waals surface area contributed by atoms with Crippen molar-refractivity contribution in [1.82, 2.24) is 5.43 Å². The number of nitrogens with one attached hydrogen (secondary N) is 1. The minimum atomic E-state index is -0.351. The largest absolute Gasteiger partial charge is 0.484 e. The van der Waals surface area contributed by atoms with Crippen LogP contribution in [0.2, 0.25) is 5.02 Å². The molecule has 0 aliphatic carbocycles. The van der Waals surface area contributed by atoms with Crippen LogP contribution in [0.3, 0.4) is 0 Å². The molecule has 0 spiro atoms. The third-order valence-electron chi connectivity index (χ3n) is 2.66. The van der Waals surface area contributed by atoms with Crippen LogP contribution >= 0.6 is 27.5 Å². The molecule has 0 fully saturated rings. The molecular weight excluding hydrogens is 380 g/mol. The Balaban J connectivity index is 1.77. The minimum Gasteiger partial charge on any atom is -0.484 e. The zero-order valence-electron chi connectivity index (χ0n) is 12.1. The molecule has 0 aliphatic rings. The van der Waals surface area contributed by atoms with Gasteiger partial charge in [-0.25, -0.2) is 5.43 Å². The Bertz CT molecular complexity index is 700. The Hall–Kier alpha value is -2.11. The number of hydrazone groups is 1. The van der Waals surface area contributed by atoms with Crippen molar-refractivity contribution in [2.75, 3.05) is 6.61 Å². The molecule has 2 aromatic rings. The average molecular weight is 394 g/mol. The molecule has 0 saturated heterocycles. The molecule has 2 rings (SSSR count). The fourth-order valence-corrected chi connectivity index (χ4v) is 2.12. The molecule has 0 saturated carbocycles. The van der Waals surface area contributed by atoms with E-state index in [1.54, 1.807) is 24.3 Å². The summed E-state index contributed by atoms with van der Waals surface area (Å²) in [6.45, 7) is -0.126. The topological polar surface area (TPSA) is 50.7 Å². The number of carbonyl (C=O) groups is 1. The van der Waals surface area contributed by atoms with Crippen molar-refractivity contribution in [2.45, 2.75) is 0 Å². The summed E-state index contributed by atoms with van der Waals surface area (Å²) in [5.74, 6) is 0.217. The van der Waals surface area contributed by atoms with Gasteiger partial charge < -0.3 is 4.74 Å². The Morgan fingerprint density at radius 2 is 1.87 bits per heavy atom. The van der Waals surface area contributed by atoms with Gasteiger partial charge in [-0.3, -0.25) is 4.79 Å². The van der Waals surface area contributed by atoms with Gasteiger partial charge in [0, 0.05) is 9.51 Å². The van der Waals surface area contributed by atoms with Crippen molar-refractivity contribution in [1.29, 1.82) is 0 Å². The van der Waals surface area contributed by atoms with Crippen molar-refractivity contribution in [3.63, 3.8) is 0 Å². The molecule has 4 nitrogen and oxygen atoms in total. The van der Waals surface area contributed by atoms with Crippen LogP contribution in [0.1, 0.15) is 5.56 Å². The van der Waals surface area contributed by atoms with Gasteiger partial charge in [-0.1, -0.05) is 41.9 Å². The number of allylic oxidation sites excluding steroid dienone is 1. The van der Waals surface area contributed by atoms with Gasteiger partial charge in [-0.05, 0) is 51.8 Å². The molecule has 1 N–H and O–H groups in total. The standard InChI is InChI=1S/C17H14BrClN2O2/c18-14(10-13-4-2-1-3-5-13)11-20-21-17(22)12-23-16-8-6-15(19)7-9-16/h1-11H,12H2,(H,21,22)/b14-10-,20-11+. The monoisotopic (exact) mass is 392 g/mol. The summed E-state index contributed by atoms with van der Waals surface area (Å²) in [6, 6.07) is 16.5. The lowest BCUT2D eigenvalue weighted by atomic mass is 10.2. The molecule has 0 atom stereocenters. The summed E-state index contributed by atoms with van der Waals surface area (Å²) in [5, 5.41) is 4.47. The second kappa shape index (κ2) is 9.12. The third-order valence-corrected chi connectivity index (χ3v) is 3.35. The number of hydrogen-bond donors (Lipinski definition) is 1. The lowest BCUT2D eigenvalue weighted by Gasteiger charge is -2.04. The number of nitrogens with zero attached hydrogens (tertiary/aromatic N) is 1. The van der Waals surface area contributed by atoms with Crippen LogP contribution < -0.4 is 10.2 Å². The maximum atomic E-state index is 11.6. The zero-order chi connectivity index (χ0) is 16.5. The smallest absolute Gasteiger partial charge is 0.277 e. The van der Waals surface area contributed by atoms with E-state index in [9.17, 15) is 4.79 Å². The predicted molar refractivity (Wildman–Crippen MR) is 96.9 cm³/mol. The maximum Gasteiger partial charge on any atom is 0.277 e. The highest BCUT2D eigenvalue weighted by molar-refractivity contribution is 9.12. The highest BCUT2D eigenvalue weighted by Gasteiger charge is 2.01. The summed E-state index contributed by atoms with van der Waals surface area (Å²) in [7, 11) is 0. The number of halogens is 2. The summed E-state index contributed by atoms with van der Waals surface area (Å²) in [5.41, 5.74) is 3.42. The van der Waals surface area contributed by atoms with E-state index in [-0.39, 0.29) is 12.5 Å². The van der Waals surface area contributed by atoms with E-state index in [0.717, 1.165) is 10.0 Å². The predicted octanol–water partition coefficient (Wildman–Crippen LogP) is 4.26. The highest BCUT2D eigenvalue weighted by Crippen LogP contribution is 2.15. The van der Waals surface area contributed by atoms with Gasteiger partial charge >= 0.3 is 0 Å².